The van der Waals surface area contributed by atoms with E-state index in [-0.39, 0.29) is 11.7 Å². The van der Waals surface area contributed by atoms with Crippen molar-refractivity contribution < 1.29 is 9.18 Å². The Balaban J connectivity index is 1.77. The van der Waals surface area contributed by atoms with Crippen LogP contribution in [0.3, 0.4) is 0 Å². The zero-order chi connectivity index (χ0) is 20.4. The first-order valence-electron chi connectivity index (χ1n) is 9.85. The maximum atomic E-state index is 14.0. The van der Waals surface area contributed by atoms with Gasteiger partial charge in [-0.2, -0.15) is 11.8 Å². The number of nitrogens with zero attached hydrogens (tertiary/aromatic N) is 2. The van der Waals surface area contributed by atoms with Crippen LogP contribution in [0, 0.1) is 5.82 Å². The second-order valence-corrected chi connectivity index (χ2v) is 8.74. The van der Waals surface area contributed by atoms with Crippen LogP contribution in [-0.2, 0) is 0 Å². The molecule has 6 heteroatoms. The quantitative estimate of drug-likeness (QED) is 0.624. The van der Waals surface area contributed by atoms with E-state index in [0.717, 1.165) is 17.2 Å². The Kier molecular flexibility index (Phi) is 5.72. The predicted octanol–water partition coefficient (Wildman–Crippen LogP) is 5.43. The molecule has 0 aliphatic carbocycles. The van der Waals surface area contributed by atoms with Crippen LogP contribution in [0.25, 0.3) is 10.9 Å². The second-order valence-electron chi connectivity index (χ2n) is 7.51. The number of hydrogen-bond donors (Lipinski definition) is 1. The maximum Gasteiger partial charge on any atom is 0.257 e. The number of thioether (sulfide) groups is 1. The number of benzene rings is 2. The smallest absolute Gasteiger partial charge is 0.257 e. The Hall–Kier alpha value is -2.60. The van der Waals surface area contributed by atoms with Gasteiger partial charge in [-0.15, -0.1) is 0 Å². The van der Waals surface area contributed by atoms with Crippen LogP contribution in [-0.4, -0.2) is 40.4 Å². The van der Waals surface area contributed by atoms with Gasteiger partial charge in [0.05, 0.1) is 16.8 Å². The van der Waals surface area contributed by atoms with Crippen molar-refractivity contribution >= 4 is 39.9 Å². The molecule has 0 saturated carbocycles. The molecule has 2 aromatic carbocycles. The molecule has 1 fully saturated rings. The van der Waals surface area contributed by atoms with Crippen molar-refractivity contribution in [3.63, 3.8) is 0 Å². The third-order valence-corrected chi connectivity index (χ3v) is 6.15. The van der Waals surface area contributed by atoms with E-state index in [1.165, 1.54) is 17.7 Å². The zero-order valence-corrected chi connectivity index (χ0v) is 17.4. The summed E-state index contributed by atoms with van der Waals surface area (Å²) in [4.78, 5) is 19.5. The molecule has 29 heavy (non-hydrogen) atoms. The first-order valence-corrected chi connectivity index (χ1v) is 11.0. The maximum absolute atomic E-state index is 14.0. The molecule has 0 bridgehead atoms. The highest BCUT2D eigenvalue weighted by Crippen LogP contribution is 2.31. The SMILES string of the molecule is CC(C)c1ccc(Nc2c(C(=O)N3CCSCC3)cnc3ccc(F)cc23)cc1. The molecule has 1 aromatic heterocycles. The van der Waals surface area contributed by atoms with Crippen molar-refractivity contribution in [1.82, 2.24) is 9.88 Å². The number of nitrogens with one attached hydrogen (secondary N) is 1. The lowest BCUT2D eigenvalue weighted by atomic mass is 10.0. The largest absolute Gasteiger partial charge is 0.354 e. The fourth-order valence-corrected chi connectivity index (χ4v) is 4.40. The first-order chi connectivity index (χ1) is 14.0. The number of carbonyl (C=O) groups excluding carboxylic acids is 1. The summed E-state index contributed by atoms with van der Waals surface area (Å²) < 4.78 is 14.0. The van der Waals surface area contributed by atoms with E-state index in [1.807, 2.05) is 28.8 Å². The number of anilines is 2. The normalized spacial score (nSPS) is 14.4. The van der Waals surface area contributed by atoms with Crippen LogP contribution in [0.2, 0.25) is 0 Å². The Morgan fingerprint density at radius 1 is 1.14 bits per heavy atom. The number of rotatable bonds is 4. The molecule has 3 aromatic rings. The number of pyridine rings is 1. The Morgan fingerprint density at radius 2 is 1.86 bits per heavy atom. The Labute approximate surface area is 174 Å². The van der Waals surface area contributed by atoms with Gasteiger partial charge in [0.15, 0.2) is 0 Å². The van der Waals surface area contributed by atoms with Crippen LogP contribution in [0.4, 0.5) is 15.8 Å². The summed E-state index contributed by atoms with van der Waals surface area (Å²) in [5.41, 5.74) is 3.83. The summed E-state index contributed by atoms with van der Waals surface area (Å²) in [6.07, 6.45) is 1.61. The summed E-state index contributed by atoms with van der Waals surface area (Å²) in [7, 11) is 0. The van der Waals surface area contributed by atoms with E-state index < -0.39 is 0 Å². The lowest BCUT2D eigenvalue weighted by molar-refractivity contribution is 0.0773. The van der Waals surface area contributed by atoms with Crippen molar-refractivity contribution in [2.75, 3.05) is 29.9 Å². The Morgan fingerprint density at radius 3 is 2.55 bits per heavy atom. The van der Waals surface area contributed by atoms with Crippen LogP contribution in [0.1, 0.15) is 35.7 Å². The van der Waals surface area contributed by atoms with E-state index in [1.54, 1.807) is 12.3 Å². The standard InChI is InChI=1S/C23H24FN3OS/c1-15(2)16-3-6-18(7-4-16)26-22-19-13-17(24)5-8-21(19)25-14-20(22)23(28)27-9-11-29-12-10-27/h3-8,13-15H,9-12H2,1-2H3,(H,25,26). The van der Waals surface area contributed by atoms with Crippen LogP contribution < -0.4 is 5.32 Å². The highest BCUT2D eigenvalue weighted by molar-refractivity contribution is 7.99. The summed E-state index contributed by atoms with van der Waals surface area (Å²) in [6.45, 7) is 5.73. The molecule has 1 saturated heterocycles. The highest BCUT2D eigenvalue weighted by atomic mass is 32.2. The predicted molar refractivity (Wildman–Crippen MR) is 119 cm³/mol. The fourth-order valence-electron chi connectivity index (χ4n) is 3.49. The number of carbonyl (C=O) groups is 1. The minimum Gasteiger partial charge on any atom is -0.354 e. The third-order valence-electron chi connectivity index (χ3n) is 5.21. The van der Waals surface area contributed by atoms with Crippen LogP contribution >= 0.6 is 11.8 Å². The number of fused-ring (bicyclic) bond motifs is 1. The lowest BCUT2D eigenvalue weighted by Gasteiger charge is -2.27. The van der Waals surface area contributed by atoms with Crippen molar-refractivity contribution in [2.45, 2.75) is 19.8 Å². The summed E-state index contributed by atoms with van der Waals surface area (Å²) in [5, 5.41) is 3.98. The summed E-state index contributed by atoms with van der Waals surface area (Å²) >= 11 is 1.85. The molecule has 1 N–H and O–H groups in total. The van der Waals surface area contributed by atoms with Gasteiger partial charge in [0.1, 0.15) is 5.82 Å². The van der Waals surface area contributed by atoms with Crippen LogP contribution in [0.15, 0.2) is 48.7 Å². The van der Waals surface area contributed by atoms with Crippen molar-refractivity contribution in [3.05, 3.63) is 65.6 Å². The molecule has 0 radical (unpaired) electrons. The summed E-state index contributed by atoms with van der Waals surface area (Å²) in [5.74, 6) is 1.89. The lowest BCUT2D eigenvalue weighted by Crippen LogP contribution is -2.38. The van der Waals surface area contributed by atoms with Gasteiger partial charge in [0.25, 0.3) is 5.91 Å². The van der Waals surface area contributed by atoms with Gasteiger partial charge in [0.2, 0.25) is 0 Å². The van der Waals surface area contributed by atoms with Gasteiger partial charge < -0.3 is 10.2 Å². The monoisotopic (exact) mass is 409 g/mol. The van der Waals surface area contributed by atoms with Gasteiger partial charge in [-0.3, -0.25) is 9.78 Å². The first kappa shape index (κ1) is 19.7. The van der Waals surface area contributed by atoms with Gasteiger partial charge in [-0.1, -0.05) is 26.0 Å². The number of halogens is 1. The van der Waals surface area contributed by atoms with E-state index in [4.69, 9.17) is 0 Å². The molecule has 1 aliphatic heterocycles. The average molecular weight is 410 g/mol. The number of aromatic nitrogens is 1. The zero-order valence-electron chi connectivity index (χ0n) is 16.6. The molecule has 4 rings (SSSR count). The number of amides is 1. The van der Waals surface area contributed by atoms with Crippen molar-refractivity contribution in [3.8, 4) is 0 Å². The van der Waals surface area contributed by atoms with Crippen molar-refractivity contribution in [2.24, 2.45) is 0 Å². The molecular weight excluding hydrogens is 385 g/mol. The molecule has 0 atom stereocenters. The molecule has 1 aliphatic rings. The molecule has 0 spiro atoms. The molecule has 0 unspecified atom stereocenters. The van der Waals surface area contributed by atoms with Gasteiger partial charge in [-0.25, -0.2) is 4.39 Å². The molecule has 150 valence electrons. The van der Waals surface area contributed by atoms with E-state index in [0.29, 0.717) is 41.2 Å². The van der Waals surface area contributed by atoms with E-state index in [9.17, 15) is 9.18 Å². The highest BCUT2D eigenvalue weighted by Gasteiger charge is 2.23. The van der Waals surface area contributed by atoms with Gasteiger partial charge in [-0.05, 0) is 41.8 Å². The second kappa shape index (κ2) is 8.41. The van der Waals surface area contributed by atoms with Gasteiger partial charge in [0, 0.05) is 41.9 Å². The minimum absolute atomic E-state index is 0.0646. The Bertz CT molecular complexity index is 1030. The van der Waals surface area contributed by atoms with E-state index in [2.05, 4.69) is 36.3 Å². The molecule has 1 amide bonds. The van der Waals surface area contributed by atoms with Gasteiger partial charge >= 0.3 is 0 Å². The molecular formula is C23H24FN3OS. The minimum atomic E-state index is -0.350. The van der Waals surface area contributed by atoms with E-state index >= 15 is 0 Å². The summed E-state index contributed by atoms with van der Waals surface area (Å²) in [6, 6.07) is 12.6. The topological polar surface area (TPSA) is 45.2 Å². The number of hydrogen-bond acceptors (Lipinski definition) is 4. The molecule has 4 nitrogen and oxygen atoms in total. The molecule has 2 heterocycles. The third kappa shape index (κ3) is 4.22. The average Bonchev–Trinajstić information content (AvgIpc) is 2.74. The fraction of sp³-hybridized carbons (Fsp3) is 0.304. The van der Waals surface area contributed by atoms with Crippen LogP contribution in [0.5, 0.6) is 0 Å². The van der Waals surface area contributed by atoms with Crippen molar-refractivity contribution in [1.29, 1.82) is 0 Å².